The second kappa shape index (κ2) is 9.41. The molecule has 0 amide bonds. The average Bonchev–Trinajstić information content (AvgIpc) is 2.16. The van der Waals surface area contributed by atoms with Gasteiger partial charge in [-0.3, -0.25) is 0 Å². The molecule has 4 N–H and O–H groups in total. The molecule has 0 bridgehead atoms. The van der Waals surface area contributed by atoms with Gasteiger partial charge in [-0.2, -0.15) is 0 Å². The predicted molar refractivity (Wildman–Crippen MR) is 52.9 cm³/mol. The second-order valence-corrected chi connectivity index (χ2v) is 2.39. The lowest BCUT2D eigenvalue weighted by atomic mass is 10.2. The van der Waals surface area contributed by atoms with E-state index in [1.807, 2.05) is 0 Å². The number of hydrogen-bond donors (Lipinski definition) is 4. The standard InChI is InChI=1S/C5H8O3.C4H4O4/c1-4(2-3-6)5(7)8;5-3(6)1-2-4(7)8/h6H,1-3H2,(H,7,8);1-2H,(H,5,6)(H,7,8)/b;2-1-. The van der Waals surface area contributed by atoms with Crippen LogP contribution in [0.2, 0.25) is 0 Å². The van der Waals surface area contributed by atoms with Gasteiger partial charge in [0, 0.05) is 30.8 Å². The zero-order valence-corrected chi connectivity index (χ0v) is 8.29. The minimum absolute atomic E-state index is 0.0486. The number of rotatable bonds is 5. The predicted octanol–water partition coefficient (Wildman–Crippen LogP) is -0.279. The van der Waals surface area contributed by atoms with Crippen LogP contribution in [0.5, 0.6) is 0 Å². The average molecular weight is 232 g/mol. The maximum absolute atomic E-state index is 9.88. The van der Waals surface area contributed by atoms with Crippen LogP contribution in [0.25, 0.3) is 0 Å². The Morgan fingerprint density at radius 2 is 1.38 bits per heavy atom. The third-order valence-electron chi connectivity index (χ3n) is 1.08. The minimum Gasteiger partial charge on any atom is -0.478 e. The van der Waals surface area contributed by atoms with Crippen LogP contribution >= 0.6 is 0 Å². The zero-order valence-electron chi connectivity index (χ0n) is 8.29. The lowest BCUT2D eigenvalue weighted by molar-refractivity contribution is -0.134. The molecule has 0 saturated carbocycles. The molecule has 0 rings (SSSR count). The van der Waals surface area contributed by atoms with Crippen LogP contribution in [-0.4, -0.2) is 44.9 Å². The van der Waals surface area contributed by atoms with Crippen molar-refractivity contribution in [3.05, 3.63) is 24.3 Å². The molecule has 0 aliphatic carbocycles. The molecule has 0 aromatic heterocycles. The fourth-order valence-electron chi connectivity index (χ4n) is 0.384. The summed E-state index contributed by atoms with van der Waals surface area (Å²) in [7, 11) is 0. The Kier molecular flexibility index (Phi) is 9.58. The van der Waals surface area contributed by atoms with Gasteiger partial charge in [0.1, 0.15) is 0 Å². The first-order valence-electron chi connectivity index (χ1n) is 3.97. The molecule has 0 heterocycles. The number of carbonyl (C=O) groups is 3. The summed E-state index contributed by atoms with van der Waals surface area (Å²) in [4.78, 5) is 29.0. The van der Waals surface area contributed by atoms with Gasteiger partial charge in [-0.15, -0.1) is 0 Å². The Morgan fingerprint density at radius 3 is 1.50 bits per heavy atom. The number of aliphatic hydroxyl groups is 1. The van der Waals surface area contributed by atoms with Crippen LogP contribution in [-0.2, 0) is 14.4 Å². The molecule has 0 unspecified atom stereocenters. The van der Waals surface area contributed by atoms with Crippen LogP contribution in [0.15, 0.2) is 24.3 Å². The molecule has 0 fully saturated rings. The lowest BCUT2D eigenvalue weighted by Gasteiger charge is -1.91. The van der Waals surface area contributed by atoms with E-state index in [-0.39, 0.29) is 18.6 Å². The molecule has 0 radical (unpaired) electrons. The first-order chi connectivity index (χ1) is 7.31. The summed E-state index contributed by atoms with van der Waals surface area (Å²) in [6.07, 6.45) is 1.26. The maximum atomic E-state index is 9.88. The highest BCUT2D eigenvalue weighted by Gasteiger charge is 1.99. The highest BCUT2D eigenvalue weighted by atomic mass is 16.4. The number of aliphatic hydroxyl groups excluding tert-OH is 1. The van der Waals surface area contributed by atoms with Crippen molar-refractivity contribution in [3.8, 4) is 0 Å². The van der Waals surface area contributed by atoms with Crippen LogP contribution in [0, 0.1) is 0 Å². The van der Waals surface area contributed by atoms with Crippen molar-refractivity contribution in [2.45, 2.75) is 6.42 Å². The van der Waals surface area contributed by atoms with E-state index < -0.39 is 17.9 Å². The molecule has 0 saturated heterocycles. The van der Waals surface area contributed by atoms with Crippen molar-refractivity contribution in [2.24, 2.45) is 0 Å². The molecule has 16 heavy (non-hydrogen) atoms. The largest absolute Gasteiger partial charge is 0.478 e. The topological polar surface area (TPSA) is 132 Å². The lowest BCUT2D eigenvalue weighted by Crippen LogP contribution is -2.00. The number of hydrogen-bond acceptors (Lipinski definition) is 4. The molecule has 0 aliphatic rings. The summed E-state index contributed by atoms with van der Waals surface area (Å²) in [6.45, 7) is 3.04. The molecule has 90 valence electrons. The summed E-state index contributed by atoms with van der Waals surface area (Å²) in [5.74, 6) is -3.56. The van der Waals surface area contributed by atoms with Crippen molar-refractivity contribution in [2.75, 3.05) is 6.61 Å². The minimum atomic E-state index is -1.26. The molecule has 7 nitrogen and oxygen atoms in total. The molecule has 0 aromatic carbocycles. The van der Waals surface area contributed by atoms with E-state index in [0.29, 0.717) is 12.2 Å². The van der Waals surface area contributed by atoms with Crippen molar-refractivity contribution < 1.29 is 34.8 Å². The van der Waals surface area contributed by atoms with E-state index in [9.17, 15) is 14.4 Å². The number of carboxylic acids is 3. The van der Waals surface area contributed by atoms with Gasteiger partial charge in [0.15, 0.2) is 0 Å². The molecular formula is C9H12O7. The Balaban J connectivity index is 0. The smallest absolute Gasteiger partial charge is 0.331 e. The van der Waals surface area contributed by atoms with Crippen LogP contribution < -0.4 is 0 Å². The Hall–Kier alpha value is -2.15. The molecule has 0 atom stereocenters. The molecule has 0 spiro atoms. The first-order valence-corrected chi connectivity index (χ1v) is 3.97. The van der Waals surface area contributed by atoms with E-state index in [4.69, 9.17) is 20.4 Å². The fraction of sp³-hybridized carbons (Fsp3) is 0.222. The second-order valence-electron chi connectivity index (χ2n) is 2.39. The Bertz CT molecular complexity index is 287. The fourth-order valence-corrected chi connectivity index (χ4v) is 0.384. The van der Waals surface area contributed by atoms with Crippen molar-refractivity contribution in [1.82, 2.24) is 0 Å². The summed E-state index contributed by atoms with van der Waals surface area (Å²) in [6, 6.07) is 0. The van der Waals surface area contributed by atoms with Crippen LogP contribution in [0.3, 0.4) is 0 Å². The van der Waals surface area contributed by atoms with Crippen LogP contribution in [0.1, 0.15) is 6.42 Å². The number of carboxylic acid groups (broad SMARTS) is 3. The SMILES string of the molecule is C=C(CCO)C(=O)O.O=C(O)/C=C\C(=O)O. The molecule has 0 aliphatic heterocycles. The zero-order chi connectivity index (χ0) is 13.1. The van der Waals surface area contributed by atoms with Crippen LogP contribution in [0.4, 0.5) is 0 Å². The third kappa shape index (κ3) is 14.4. The normalized spacial score (nSPS) is 9.06. The van der Waals surface area contributed by atoms with E-state index in [1.54, 1.807) is 0 Å². The van der Waals surface area contributed by atoms with Gasteiger partial charge >= 0.3 is 17.9 Å². The van der Waals surface area contributed by atoms with E-state index in [1.165, 1.54) is 0 Å². The van der Waals surface area contributed by atoms with Gasteiger partial charge in [0.25, 0.3) is 0 Å². The van der Waals surface area contributed by atoms with Crippen molar-refractivity contribution >= 4 is 17.9 Å². The summed E-state index contributed by atoms with van der Waals surface area (Å²) >= 11 is 0. The molecule has 0 aromatic rings. The van der Waals surface area contributed by atoms with Gasteiger partial charge in [0.05, 0.1) is 0 Å². The van der Waals surface area contributed by atoms with Crippen molar-refractivity contribution in [3.63, 3.8) is 0 Å². The van der Waals surface area contributed by atoms with Crippen molar-refractivity contribution in [1.29, 1.82) is 0 Å². The van der Waals surface area contributed by atoms with E-state index >= 15 is 0 Å². The van der Waals surface area contributed by atoms with Gasteiger partial charge in [-0.1, -0.05) is 6.58 Å². The maximum Gasteiger partial charge on any atom is 0.331 e. The highest BCUT2D eigenvalue weighted by Crippen LogP contribution is 1.94. The first kappa shape index (κ1) is 16.3. The monoisotopic (exact) mass is 232 g/mol. The third-order valence-corrected chi connectivity index (χ3v) is 1.08. The quantitative estimate of drug-likeness (QED) is 0.479. The molecule has 7 heteroatoms. The molecular weight excluding hydrogens is 220 g/mol. The van der Waals surface area contributed by atoms with Gasteiger partial charge < -0.3 is 20.4 Å². The summed E-state index contributed by atoms with van der Waals surface area (Å²) < 4.78 is 0. The van der Waals surface area contributed by atoms with Gasteiger partial charge in [0.2, 0.25) is 0 Å². The Labute approximate surface area is 90.9 Å². The highest BCUT2D eigenvalue weighted by molar-refractivity contribution is 5.89. The van der Waals surface area contributed by atoms with Gasteiger partial charge in [-0.05, 0) is 0 Å². The summed E-state index contributed by atoms with van der Waals surface area (Å²) in [5, 5.41) is 31.9. The van der Waals surface area contributed by atoms with Gasteiger partial charge in [-0.25, -0.2) is 14.4 Å². The number of aliphatic carboxylic acids is 3. The Morgan fingerprint density at radius 1 is 1.00 bits per heavy atom. The summed E-state index contributed by atoms with van der Waals surface area (Å²) in [5.41, 5.74) is 0.0486. The van der Waals surface area contributed by atoms with E-state index in [0.717, 1.165) is 0 Å². The van der Waals surface area contributed by atoms with E-state index in [2.05, 4.69) is 6.58 Å².